The number of anilines is 1. The van der Waals surface area contributed by atoms with E-state index < -0.39 is 0 Å². The van der Waals surface area contributed by atoms with Gasteiger partial charge in [-0.05, 0) is 37.6 Å². The molecule has 0 aliphatic rings. The van der Waals surface area contributed by atoms with Gasteiger partial charge in [0.1, 0.15) is 0 Å². The van der Waals surface area contributed by atoms with Gasteiger partial charge in [-0.1, -0.05) is 22.0 Å². The molecule has 1 aromatic rings. The van der Waals surface area contributed by atoms with Crippen molar-refractivity contribution in [1.29, 1.82) is 0 Å². The summed E-state index contributed by atoms with van der Waals surface area (Å²) in [6.07, 6.45) is 1.01. The van der Waals surface area contributed by atoms with Crippen molar-refractivity contribution in [2.75, 3.05) is 18.4 Å². The van der Waals surface area contributed by atoms with Crippen molar-refractivity contribution in [2.24, 2.45) is 5.73 Å². The molecule has 72 valence electrons. The zero-order valence-electron chi connectivity index (χ0n) is 7.81. The molecule has 3 N–H and O–H groups in total. The molecule has 3 heteroatoms. The zero-order valence-corrected chi connectivity index (χ0v) is 9.39. The summed E-state index contributed by atoms with van der Waals surface area (Å²) >= 11 is 3.49. The molecule has 0 aromatic heterocycles. The first kappa shape index (κ1) is 10.5. The molecule has 0 saturated heterocycles. The average Bonchev–Trinajstić information content (AvgIpc) is 2.12. The van der Waals surface area contributed by atoms with Crippen molar-refractivity contribution in [3.63, 3.8) is 0 Å². The van der Waals surface area contributed by atoms with Crippen LogP contribution in [0.2, 0.25) is 0 Å². The first-order chi connectivity index (χ1) is 6.24. The number of rotatable bonds is 4. The van der Waals surface area contributed by atoms with E-state index in [-0.39, 0.29) is 0 Å². The van der Waals surface area contributed by atoms with Crippen LogP contribution in [0.25, 0.3) is 0 Å². The van der Waals surface area contributed by atoms with Crippen molar-refractivity contribution in [3.05, 3.63) is 28.2 Å². The highest BCUT2D eigenvalue weighted by molar-refractivity contribution is 9.10. The van der Waals surface area contributed by atoms with E-state index in [9.17, 15) is 0 Å². The second kappa shape index (κ2) is 5.25. The normalized spacial score (nSPS) is 10.1. The van der Waals surface area contributed by atoms with Gasteiger partial charge in [-0.3, -0.25) is 0 Å². The molecule has 0 aliphatic heterocycles. The van der Waals surface area contributed by atoms with Crippen LogP contribution in [0.1, 0.15) is 12.0 Å². The van der Waals surface area contributed by atoms with E-state index in [1.807, 2.05) is 0 Å². The minimum atomic E-state index is 0.736. The topological polar surface area (TPSA) is 38.0 Å². The van der Waals surface area contributed by atoms with Gasteiger partial charge in [0.2, 0.25) is 0 Å². The largest absolute Gasteiger partial charge is 0.385 e. The lowest BCUT2D eigenvalue weighted by Crippen LogP contribution is -2.08. The lowest BCUT2D eigenvalue weighted by Gasteiger charge is -2.06. The van der Waals surface area contributed by atoms with Gasteiger partial charge in [-0.2, -0.15) is 0 Å². The lowest BCUT2D eigenvalue weighted by atomic mass is 10.2. The Kier molecular flexibility index (Phi) is 4.25. The second-order valence-corrected chi connectivity index (χ2v) is 3.89. The molecule has 0 spiro atoms. The lowest BCUT2D eigenvalue weighted by molar-refractivity contribution is 0.874. The SMILES string of the molecule is Cc1ccc(NCCCN)cc1Br. The maximum Gasteiger partial charge on any atom is 0.0351 e. The number of nitrogens with one attached hydrogen (secondary N) is 1. The molecule has 2 nitrogen and oxygen atoms in total. The first-order valence-corrected chi connectivity index (χ1v) is 5.23. The molecule has 0 bridgehead atoms. The maximum absolute atomic E-state index is 5.40. The van der Waals surface area contributed by atoms with Crippen LogP contribution in [0, 0.1) is 6.92 Å². The Bertz CT molecular complexity index is 274. The van der Waals surface area contributed by atoms with E-state index in [0.717, 1.165) is 29.7 Å². The molecule has 0 saturated carbocycles. The van der Waals surface area contributed by atoms with Crippen molar-refractivity contribution < 1.29 is 0 Å². The summed E-state index contributed by atoms with van der Waals surface area (Å²) in [6, 6.07) is 6.26. The van der Waals surface area contributed by atoms with Crippen LogP contribution in [0.15, 0.2) is 22.7 Å². The third kappa shape index (κ3) is 3.36. The Labute approximate surface area is 87.6 Å². The van der Waals surface area contributed by atoms with Crippen LogP contribution >= 0.6 is 15.9 Å². The highest BCUT2D eigenvalue weighted by Crippen LogP contribution is 2.20. The van der Waals surface area contributed by atoms with Crippen LogP contribution in [-0.4, -0.2) is 13.1 Å². The molecule has 0 fully saturated rings. The molecular weight excluding hydrogens is 228 g/mol. The Hall–Kier alpha value is -0.540. The van der Waals surface area contributed by atoms with E-state index in [2.05, 4.69) is 46.4 Å². The van der Waals surface area contributed by atoms with Crippen LogP contribution in [0.4, 0.5) is 5.69 Å². The number of benzene rings is 1. The molecule has 13 heavy (non-hydrogen) atoms. The fourth-order valence-electron chi connectivity index (χ4n) is 1.04. The second-order valence-electron chi connectivity index (χ2n) is 3.03. The van der Waals surface area contributed by atoms with Crippen molar-refractivity contribution in [1.82, 2.24) is 0 Å². The minimum absolute atomic E-state index is 0.736. The smallest absolute Gasteiger partial charge is 0.0351 e. The van der Waals surface area contributed by atoms with E-state index in [1.54, 1.807) is 0 Å². The molecule has 0 heterocycles. The van der Waals surface area contributed by atoms with Gasteiger partial charge in [-0.15, -0.1) is 0 Å². The summed E-state index contributed by atoms with van der Waals surface area (Å²) in [6.45, 7) is 3.75. The van der Waals surface area contributed by atoms with Crippen molar-refractivity contribution in [2.45, 2.75) is 13.3 Å². The highest BCUT2D eigenvalue weighted by atomic mass is 79.9. The number of nitrogens with two attached hydrogens (primary N) is 1. The Morgan fingerprint density at radius 3 is 2.85 bits per heavy atom. The summed E-state index contributed by atoms with van der Waals surface area (Å²) < 4.78 is 1.14. The van der Waals surface area contributed by atoms with Crippen LogP contribution in [0.5, 0.6) is 0 Å². The van der Waals surface area contributed by atoms with Gasteiger partial charge < -0.3 is 11.1 Å². The number of halogens is 1. The summed E-state index contributed by atoms with van der Waals surface area (Å²) in [5.74, 6) is 0. The fourth-order valence-corrected chi connectivity index (χ4v) is 1.42. The predicted octanol–water partition coefficient (Wildman–Crippen LogP) is 2.52. The third-order valence-electron chi connectivity index (χ3n) is 1.88. The van der Waals surface area contributed by atoms with E-state index >= 15 is 0 Å². The molecule has 1 aromatic carbocycles. The molecule has 0 amide bonds. The Balaban J connectivity index is 2.53. The van der Waals surface area contributed by atoms with Gasteiger partial charge in [0.05, 0.1) is 0 Å². The summed E-state index contributed by atoms with van der Waals surface area (Å²) in [4.78, 5) is 0. The minimum Gasteiger partial charge on any atom is -0.385 e. The van der Waals surface area contributed by atoms with E-state index in [4.69, 9.17) is 5.73 Å². The van der Waals surface area contributed by atoms with Gasteiger partial charge in [0.15, 0.2) is 0 Å². The fraction of sp³-hybridized carbons (Fsp3) is 0.400. The molecule has 1 rings (SSSR count). The average molecular weight is 243 g/mol. The number of aryl methyl sites for hydroxylation is 1. The molecule has 0 radical (unpaired) electrons. The molecule has 0 atom stereocenters. The van der Waals surface area contributed by atoms with Crippen LogP contribution < -0.4 is 11.1 Å². The van der Waals surface area contributed by atoms with Gasteiger partial charge >= 0.3 is 0 Å². The molecular formula is C10H15BrN2. The number of hydrogen-bond donors (Lipinski definition) is 2. The summed E-state index contributed by atoms with van der Waals surface area (Å²) in [7, 11) is 0. The first-order valence-electron chi connectivity index (χ1n) is 4.44. The van der Waals surface area contributed by atoms with Gasteiger partial charge in [0, 0.05) is 16.7 Å². The van der Waals surface area contributed by atoms with Crippen LogP contribution in [-0.2, 0) is 0 Å². The van der Waals surface area contributed by atoms with Crippen LogP contribution in [0.3, 0.4) is 0 Å². The third-order valence-corrected chi connectivity index (χ3v) is 2.74. The number of hydrogen-bond acceptors (Lipinski definition) is 2. The zero-order chi connectivity index (χ0) is 9.68. The quantitative estimate of drug-likeness (QED) is 0.797. The summed E-state index contributed by atoms with van der Waals surface area (Å²) in [5.41, 5.74) is 7.80. The summed E-state index contributed by atoms with van der Waals surface area (Å²) in [5, 5.41) is 3.30. The van der Waals surface area contributed by atoms with E-state index in [0.29, 0.717) is 0 Å². The van der Waals surface area contributed by atoms with E-state index in [1.165, 1.54) is 5.56 Å². The predicted molar refractivity (Wildman–Crippen MR) is 61.0 cm³/mol. The standard InChI is InChI=1S/C10H15BrN2/c1-8-3-4-9(7-10(8)11)13-6-2-5-12/h3-4,7,13H,2,5-6,12H2,1H3. The van der Waals surface area contributed by atoms with Crippen molar-refractivity contribution >= 4 is 21.6 Å². The molecule has 0 unspecified atom stereocenters. The Morgan fingerprint density at radius 1 is 1.46 bits per heavy atom. The monoisotopic (exact) mass is 242 g/mol. The van der Waals surface area contributed by atoms with Gasteiger partial charge in [0.25, 0.3) is 0 Å². The highest BCUT2D eigenvalue weighted by Gasteiger charge is 1.95. The van der Waals surface area contributed by atoms with Crippen molar-refractivity contribution in [3.8, 4) is 0 Å². The maximum atomic E-state index is 5.40. The van der Waals surface area contributed by atoms with Gasteiger partial charge in [-0.25, -0.2) is 0 Å². The molecule has 0 aliphatic carbocycles. The Morgan fingerprint density at radius 2 is 2.23 bits per heavy atom.